The molecule has 3 amide bonds. The molecule has 0 aliphatic carbocycles. The second-order valence-corrected chi connectivity index (χ2v) is 9.94. The Hall–Kier alpha value is -2.59. The van der Waals surface area contributed by atoms with Gasteiger partial charge in [-0.15, -0.1) is 0 Å². The minimum Gasteiger partial charge on any atom is -0.465 e. The molecule has 10 heteroatoms. The highest BCUT2D eigenvalue weighted by molar-refractivity contribution is 7.08. The molecule has 0 aromatic carbocycles. The van der Waals surface area contributed by atoms with Crippen molar-refractivity contribution in [3.05, 3.63) is 44.8 Å². The molecular formula is C22H31N3O5S2. The van der Waals surface area contributed by atoms with Crippen LogP contribution in [0.15, 0.2) is 33.7 Å². The first-order valence-corrected chi connectivity index (χ1v) is 12.3. The molecule has 0 saturated heterocycles. The van der Waals surface area contributed by atoms with Gasteiger partial charge < -0.3 is 25.4 Å². The van der Waals surface area contributed by atoms with Crippen LogP contribution >= 0.6 is 22.7 Å². The van der Waals surface area contributed by atoms with Crippen molar-refractivity contribution in [2.45, 2.75) is 64.8 Å². The summed E-state index contributed by atoms with van der Waals surface area (Å²) in [6, 6.07) is 3.19. The van der Waals surface area contributed by atoms with E-state index in [1.165, 1.54) is 0 Å². The monoisotopic (exact) mass is 481 g/mol. The van der Waals surface area contributed by atoms with Crippen molar-refractivity contribution in [2.24, 2.45) is 0 Å². The maximum absolute atomic E-state index is 13.5. The van der Waals surface area contributed by atoms with Gasteiger partial charge in [-0.3, -0.25) is 4.79 Å². The highest BCUT2D eigenvalue weighted by Gasteiger charge is 2.28. The fourth-order valence-electron chi connectivity index (χ4n) is 3.01. The molecule has 0 radical (unpaired) electrons. The fraction of sp³-hybridized carbons (Fsp3) is 0.500. The van der Waals surface area contributed by atoms with E-state index < -0.39 is 23.8 Å². The SMILES string of the molecule is CC(C)(C)OC(=O)N[C@@H](CCCCNC(=O)O)C(=O)N(Cc1ccsc1)Cc1ccsc1. The molecule has 3 N–H and O–H groups in total. The molecular weight excluding hydrogens is 450 g/mol. The summed E-state index contributed by atoms with van der Waals surface area (Å²) in [5.74, 6) is -0.195. The predicted molar refractivity (Wildman–Crippen MR) is 126 cm³/mol. The number of nitrogens with zero attached hydrogens (tertiary/aromatic N) is 1. The normalized spacial score (nSPS) is 12.1. The van der Waals surface area contributed by atoms with E-state index in [1.807, 2.05) is 33.7 Å². The summed E-state index contributed by atoms with van der Waals surface area (Å²) < 4.78 is 5.36. The number of carboxylic acid groups (broad SMARTS) is 1. The minimum absolute atomic E-state index is 0.195. The lowest BCUT2D eigenvalue weighted by molar-refractivity contribution is -0.135. The molecule has 2 rings (SSSR count). The fourth-order valence-corrected chi connectivity index (χ4v) is 4.33. The molecule has 32 heavy (non-hydrogen) atoms. The van der Waals surface area contributed by atoms with Crippen LogP contribution in [0.5, 0.6) is 0 Å². The zero-order valence-corrected chi connectivity index (χ0v) is 20.3. The van der Waals surface area contributed by atoms with Crippen LogP contribution < -0.4 is 10.6 Å². The predicted octanol–water partition coefficient (Wildman–Crippen LogP) is 4.67. The first-order valence-electron chi connectivity index (χ1n) is 10.4. The van der Waals surface area contributed by atoms with Crippen molar-refractivity contribution in [1.29, 1.82) is 0 Å². The third kappa shape index (κ3) is 9.69. The molecule has 0 fully saturated rings. The van der Waals surface area contributed by atoms with Crippen LogP contribution in [-0.4, -0.2) is 46.3 Å². The molecule has 2 heterocycles. The number of ether oxygens (including phenoxy) is 1. The summed E-state index contributed by atoms with van der Waals surface area (Å²) in [5, 5.41) is 21.7. The van der Waals surface area contributed by atoms with Crippen LogP contribution in [0.3, 0.4) is 0 Å². The number of nitrogens with one attached hydrogen (secondary N) is 2. The summed E-state index contributed by atoms with van der Waals surface area (Å²) >= 11 is 3.14. The largest absolute Gasteiger partial charge is 0.465 e. The van der Waals surface area contributed by atoms with Gasteiger partial charge in [-0.25, -0.2) is 9.59 Å². The minimum atomic E-state index is -1.08. The maximum atomic E-state index is 13.5. The lowest BCUT2D eigenvalue weighted by Gasteiger charge is -2.29. The van der Waals surface area contributed by atoms with Crippen LogP contribution in [0.1, 0.15) is 51.2 Å². The Labute approximate surface area is 196 Å². The van der Waals surface area contributed by atoms with Gasteiger partial charge in [-0.1, -0.05) is 0 Å². The lowest BCUT2D eigenvalue weighted by atomic mass is 10.1. The maximum Gasteiger partial charge on any atom is 0.408 e. The number of unbranched alkanes of at least 4 members (excludes halogenated alkanes) is 1. The Morgan fingerprint density at radius 1 is 1.06 bits per heavy atom. The van der Waals surface area contributed by atoms with E-state index in [0.29, 0.717) is 32.4 Å². The number of carbonyl (C=O) groups excluding carboxylic acids is 2. The molecule has 0 aliphatic heterocycles. The Morgan fingerprint density at radius 2 is 1.66 bits per heavy atom. The number of hydrogen-bond acceptors (Lipinski definition) is 6. The van der Waals surface area contributed by atoms with E-state index in [4.69, 9.17) is 9.84 Å². The summed E-state index contributed by atoms with van der Waals surface area (Å²) in [7, 11) is 0. The number of rotatable bonds is 11. The van der Waals surface area contributed by atoms with Gasteiger partial charge in [0.05, 0.1) is 0 Å². The second-order valence-electron chi connectivity index (χ2n) is 8.38. The van der Waals surface area contributed by atoms with Crippen LogP contribution in [0, 0.1) is 0 Å². The molecule has 0 unspecified atom stereocenters. The molecule has 176 valence electrons. The van der Waals surface area contributed by atoms with Crippen molar-refractivity contribution >= 4 is 40.8 Å². The molecule has 0 bridgehead atoms. The topological polar surface area (TPSA) is 108 Å². The van der Waals surface area contributed by atoms with Gasteiger partial charge in [-0.2, -0.15) is 22.7 Å². The quantitative estimate of drug-likeness (QED) is 0.404. The van der Waals surface area contributed by atoms with E-state index in [9.17, 15) is 14.4 Å². The van der Waals surface area contributed by atoms with E-state index >= 15 is 0 Å². The van der Waals surface area contributed by atoms with Gasteiger partial charge in [0.1, 0.15) is 11.6 Å². The van der Waals surface area contributed by atoms with Crippen LogP contribution in [0.4, 0.5) is 9.59 Å². The van der Waals surface area contributed by atoms with Crippen molar-refractivity contribution in [3.63, 3.8) is 0 Å². The van der Waals surface area contributed by atoms with Crippen molar-refractivity contribution < 1.29 is 24.2 Å². The van der Waals surface area contributed by atoms with E-state index in [-0.39, 0.29) is 12.5 Å². The molecule has 8 nitrogen and oxygen atoms in total. The van der Waals surface area contributed by atoms with Gasteiger partial charge in [-0.05, 0) is 84.8 Å². The number of hydrogen-bond donors (Lipinski definition) is 3. The highest BCUT2D eigenvalue weighted by atomic mass is 32.1. The average Bonchev–Trinajstić information content (AvgIpc) is 3.38. The first-order chi connectivity index (χ1) is 15.1. The Balaban J connectivity index is 2.12. The van der Waals surface area contributed by atoms with E-state index in [2.05, 4.69) is 10.6 Å². The van der Waals surface area contributed by atoms with E-state index in [1.54, 1.807) is 48.3 Å². The highest BCUT2D eigenvalue weighted by Crippen LogP contribution is 2.17. The van der Waals surface area contributed by atoms with Gasteiger partial charge in [0.25, 0.3) is 0 Å². The Morgan fingerprint density at radius 3 is 2.12 bits per heavy atom. The molecule has 1 atom stereocenters. The zero-order chi connectivity index (χ0) is 23.6. The lowest BCUT2D eigenvalue weighted by Crippen LogP contribution is -2.49. The van der Waals surface area contributed by atoms with Gasteiger partial charge in [0, 0.05) is 19.6 Å². The summed E-state index contributed by atoms with van der Waals surface area (Å²) in [6.45, 7) is 6.45. The summed E-state index contributed by atoms with van der Waals surface area (Å²) in [4.78, 5) is 38.3. The first kappa shape index (κ1) is 25.7. The second kappa shape index (κ2) is 12.4. The van der Waals surface area contributed by atoms with Crippen molar-refractivity contribution in [2.75, 3.05) is 6.54 Å². The molecule has 0 saturated carbocycles. The van der Waals surface area contributed by atoms with Gasteiger partial charge in [0.2, 0.25) is 5.91 Å². The zero-order valence-electron chi connectivity index (χ0n) is 18.6. The smallest absolute Gasteiger partial charge is 0.408 e. The Bertz CT molecular complexity index is 811. The molecule has 0 aliphatic rings. The third-order valence-corrected chi connectivity index (χ3v) is 5.87. The van der Waals surface area contributed by atoms with Crippen LogP contribution in [0.2, 0.25) is 0 Å². The molecule has 2 aromatic heterocycles. The number of thiophene rings is 2. The third-order valence-electron chi connectivity index (χ3n) is 4.40. The number of carbonyl (C=O) groups is 3. The molecule has 0 spiro atoms. The Kier molecular flexibility index (Phi) is 9.98. The average molecular weight is 482 g/mol. The number of amides is 3. The van der Waals surface area contributed by atoms with Crippen LogP contribution in [0.25, 0.3) is 0 Å². The van der Waals surface area contributed by atoms with Crippen molar-refractivity contribution in [1.82, 2.24) is 15.5 Å². The van der Waals surface area contributed by atoms with Gasteiger partial charge >= 0.3 is 12.2 Å². The van der Waals surface area contributed by atoms with E-state index in [0.717, 1.165) is 11.1 Å². The number of alkyl carbamates (subject to hydrolysis) is 1. The van der Waals surface area contributed by atoms with Crippen molar-refractivity contribution in [3.8, 4) is 0 Å². The van der Waals surface area contributed by atoms with Crippen LogP contribution in [-0.2, 0) is 22.6 Å². The summed E-state index contributed by atoms with van der Waals surface area (Å²) in [5.41, 5.74) is 1.37. The summed E-state index contributed by atoms with van der Waals surface area (Å²) in [6.07, 6.45) is -0.227. The van der Waals surface area contributed by atoms with Gasteiger partial charge in [0.15, 0.2) is 0 Å². The standard InChI is InChI=1S/C22H31N3O5S2/c1-22(2,3)30-21(29)24-18(6-4-5-9-23-20(27)28)19(26)25(12-16-7-10-31-14-16)13-17-8-11-32-15-17/h7-8,10-11,14-15,18,23H,4-6,9,12-13H2,1-3H3,(H,24,29)(H,27,28)/t18-/m0/s1. The molecule has 2 aromatic rings.